The molecule has 0 aliphatic carbocycles. The van der Waals surface area contributed by atoms with Gasteiger partial charge in [-0.15, -0.1) is 0 Å². The van der Waals surface area contributed by atoms with Crippen LogP contribution in [-0.2, 0) is 17.6 Å². The Morgan fingerprint density at radius 2 is 1.32 bits per heavy atom. The van der Waals surface area contributed by atoms with Gasteiger partial charge in [-0.25, -0.2) is 9.59 Å². The molecule has 0 aliphatic rings. The van der Waals surface area contributed by atoms with E-state index in [1.54, 1.807) is 30.3 Å². The molecule has 3 nitrogen and oxygen atoms in total. The number of benzene rings is 2. The summed E-state index contributed by atoms with van der Waals surface area (Å²) in [4.78, 5) is 24.4. The van der Waals surface area contributed by atoms with Gasteiger partial charge in [0.1, 0.15) is 0 Å². The lowest BCUT2D eigenvalue weighted by Gasteiger charge is -2.15. The number of ether oxygens (including phenoxy) is 1. The molecule has 0 unspecified atom stereocenters. The monoisotopic (exact) mass is 338 g/mol. The van der Waals surface area contributed by atoms with E-state index in [9.17, 15) is 9.59 Å². The molecule has 3 heteroatoms. The zero-order valence-electron chi connectivity index (χ0n) is 15.4. The van der Waals surface area contributed by atoms with Gasteiger partial charge < -0.3 is 4.74 Å². The molecular formula is C22H26O3. The molecule has 132 valence electrons. The molecule has 0 fully saturated rings. The van der Waals surface area contributed by atoms with Gasteiger partial charge in [-0.3, -0.25) is 0 Å². The average molecular weight is 338 g/mol. The highest BCUT2D eigenvalue weighted by Gasteiger charge is 2.17. The Labute approximate surface area is 150 Å². The fraction of sp³-hybridized carbons (Fsp3) is 0.364. The second-order valence-electron chi connectivity index (χ2n) is 7.22. The second-order valence-corrected chi connectivity index (χ2v) is 7.22. The molecular weight excluding hydrogens is 312 g/mol. The third kappa shape index (κ3) is 5.56. The normalized spacial score (nSPS) is 11.0. The number of carbonyl (C=O) groups is 2. The van der Waals surface area contributed by atoms with Crippen LogP contribution in [0.5, 0.6) is 0 Å². The molecule has 0 amide bonds. The fourth-order valence-corrected chi connectivity index (χ4v) is 2.80. The van der Waals surface area contributed by atoms with Crippen molar-refractivity contribution in [2.45, 2.75) is 40.5 Å². The first-order valence-corrected chi connectivity index (χ1v) is 8.80. The number of hydrogen-bond donors (Lipinski definition) is 0. The third-order valence-electron chi connectivity index (χ3n) is 3.89. The molecule has 0 heterocycles. The summed E-state index contributed by atoms with van der Waals surface area (Å²) in [7, 11) is 0. The number of rotatable bonds is 6. The molecule has 0 N–H and O–H groups in total. The molecule has 2 aromatic carbocycles. The third-order valence-corrected chi connectivity index (χ3v) is 3.89. The molecule has 0 saturated carbocycles. The van der Waals surface area contributed by atoms with E-state index in [-0.39, 0.29) is 0 Å². The summed E-state index contributed by atoms with van der Waals surface area (Å²) in [6, 6.07) is 14.2. The van der Waals surface area contributed by atoms with Crippen LogP contribution in [0.3, 0.4) is 0 Å². The van der Waals surface area contributed by atoms with Crippen molar-refractivity contribution in [3.63, 3.8) is 0 Å². The van der Waals surface area contributed by atoms with Crippen LogP contribution in [0.4, 0.5) is 0 Å². The largest absolute Gasteiger partial charge is 0.386 e. The Morgan fingerprint density at radius 3 is 1.92 bits per heavy atom. The highest BCUT2D eigenvalue weighted by Crippen LogP contribution is 2.20. The number of esters is 2. The molecule has 2 aromatic rings. The lowest BCUT2D eigenvalue weighted by Crippen LogP contribution is -2.14. The van der Waals surface area contributed by atoms with E-state index in [2.05, 4.69) is 27.7 Å². The van der Waals surface area contributed by atoms with Crippen molar-refractivity contribution < 1.29 is 14.3 Å². The van der Waals surface area contributed by atoms with Crippen molar-refractivity contribution in [2.75, 3.05) is 0 Å². The Morgan fingerprint density at radius 1 is 0.760 bits per heavy atom. The Hall–Kier alpha value is -2.42. The highest BCUT2D eigenvalue weighted by molar-refractivity contribution is 6.02. The van der Waals surface area contributed by atoms with Crippen molar-refractivity contribution in [3.05, 3.63) is 70.8 Å². The summed E-state index contributed by atoms with van der Waals surface area (Å²) in [6.07, 6.45) is 1.87. The van der Waals surface area contributed by atoms with E-state index in [0.717, 1.165) is 18.4 Å². The van der Waals surface area contributed by atoms with Crippen molar-refractivity contribution in [1.82, 2.24) is 0 Å². The van der Waals surface area contributed by atoms with Gasteiger partial charge in [-0.2, -0.15) is 0 Å². The molecule has 0 radical (unpaired) electrons. The Bertz CT molecular complexity index is 730. The standard InChI is InChI=1S/C22H26O3/c1-15(2)12-18-10-11-19(14-20(18)13-16(3)4)22(24)25-21(23)17-8-6-5-7-9-17/h5-11,14-16H,12-13H2,1-4H3. The van der Waals surface area contributed by atoms with Gasteiger partial charge in [-0.1, -0.05) is 52.0 Å². The summed E-state index contributed by atoms with van der Waals surface area (Å²) in [5.41, 5.74) is 3.21. The summed E-state index contributed by atoms with van der Waals surface area (Å²) in [5, 5.41) is 0. The number of carbonyl (C=O) groups excluding carboxylic acids is 2. The predicted molar refractivity (Wildman–Crippen MR) is 99.7 cm³/mol. The first-order valence-electron chi connectivity index (χ1n) is 8.80. The van der Waals surface area contributed by atoms with E-state index in [0.29, 0.717) is 23.0 Å². The molecule has 0 aliphatic heterocycles. The SMILES string of the molecule is CC(C)Cc1ccc(C(=O)OC(=O)c2ccccc2)cc1CC(C)C. The van der Waals surface area contributed by atoms with Crippen LogP contribution < -0.4 is 0 Å². The van der Waals surface area contributed by atoms with Crippen LogP contribution >= 0.6 is 0 Å². The maximum atomic E-state index is 12.4. The van der Waals surface area contributed by atoms with Crippen LogP contribution in [0.2, 0.25) is 0 Å². The lowest BCUT2D eigenvalue weighted by atomic mass is 9.91. The minimum Gasteiger partial charge on any atom is -0.386 e. The van der Waals surface area contributed by atoms with Crippen molar-refractivity contribution >= 4 is 11.9 Å². The fourth-order valence-electron chi connectivity index (χ4n) is 2.80. The summed E-state index contributed by atoms with van der Waals surface area (Å²) < 4.78 is 5.03. The topological polar surface area (TPSA) is 43.4 Å². The maximum Gasteiger partial charge on any atom is 0.346 e. The minimum absolute atomic E-state index is 0.370. The van der Waals surface area contributed by atoms with Crippen LogP contribution in [0, 0.1) is 11.8 Å². The van der Waals surface area contributed by atoms with Crippen molar-refractivity contribution in [1.29, 1.82) is 0 Å². The maximum absolute atomic E-state index is 12.4. The molecule has 25 heavy (non-hydrogen) atoms. The van der Waals surface area contributed by atoms with E-state index in [1.807, 2.05) is 18.2 Å². The zero-order valence-corrected chi connectivity index (χ0v) is 15.4. The van der Waals surface area contributed by atoms with Gasteiger partial charge in [0.25, 0.3) is 0 Å². The van der Waals surface area contributed by atoms with Crippen LogP contribution in [-0.4, -0.2) is 11.9 Å². The molecule has 0 aromatic heterocycles. The smallest absolute Gasteiger partial charge is 0.346 e. The molecule has 0 atom stereocenters. The predicted octanol–water partition coefficient (Wildman–Crippen LogP) is 5.08. The first kappa shape index (κ1) is 18.9. The molecule has 2 rings (SSSR count). The minimum atomic E-state index is -0.623. The zero-order chi connectivity index (χ0) is 18.4. The Balaban J connectivity index is 2.20. The van der Waals surface area contributed by atoms with E-state index in [1.165, 1.54) is 5.56 Å². The summed E-state index contributed by atoms with van der Waals surface area (Å²) in [5.74, 6) is -0.191. The van der Waals surface area contributed by atoms with Gasteiger partial charge in [-0.05, 0) is 60.1 Å². The molecule has 0 bridgehead atoms. The second kappa shape index (κ2) is 8.61. The van der Waals surface area contributed by atoms with Crippen LogP contribution in [0.25, 0.3) is 0 Å². The van der Waals surface area contributed by atoms with E-state index < -0.39 is 11.9 Å². The van der Waals surface area contributed by atoms with Gasteiger partial charge >= 0.3 is 11.9 Å². The highest BCUT2D eigenvalue weighted by atomic mass is 16.6. The van der Waals surface area contributed by atoms with E-state index in [4.69, 9.17) is 4.74 Å². The summed E-state index contributed by atoms with van der Waals surface area (Å²) in [6.45, 7) is 8.67. The van der Waals surface area contributed by atoms with Crippen molar-refractivity contribution in [3.8, 4) is 0 Å². The average Bonchev–Trinajstić information content (AvgIpc) is 2.56. The first-order chi connectivity index (χ1) is 11.9. The Kier molecular flexibility index (Phi) is 6.51. The van der Waals surface area contributed by atoms with Gasteiger partial charge in [0, 0.05) is 0 Å². The van der Waals surface area contributed by atoms with Gasteiger partial charge in [0.15, 0.2) is 0 Å². The summed E-state index contributed by atoms with van der Waals surface area (Å²) >= 11 is 0. The molecule has 0 saturated heterocycles. The quantitative estimate of drug-likeness (QED) is 0.545. The van der Waals surface area contributed by atoms with E-state index >= 15 is 0 Å². The molecule has 0 spiro atoms. The van der Waals surface area contributed by atoms with Gasteiger partial charge in [0.2, 0.25) is 0 Å². The van der Waals surface area contributed by atoms with Crippen molar-refractivity contribution in [2.24, 2.45) is 11.8 Å². The van der Waals surface area contributed by atoms with Crippen LogP contribution in [0.15, 0.2) is 48.5 Å². The number of hydrogen-bond acceptors (Lipinski definition) is 3. The van der Waals surface area contributed by atoms with Crippen LogP contribution in [0.1, 0.15) is 59.5 Å². The lowest BCUT2D eigenvalue weighted by molar-refractivity contribution is 0.0397. The van der Waals surface area contributed by atoms with Gasteiger partial charge in [0.05, 0.1) is 11.1 Å².